The number of aromatic nitrogens is 1. The highest BCUT2D eigenvalue weighted by atomic mass is 79.9. The standard InChI is InChI=1S/C17H16BrN3/c1-4-14-15(5-6-21-16(14)20)11-7-12(9-13(18)8-11)17(2,3)10-19/h4-9H,1H2,2-3H3,(H2,20,21). The van der Waals surface area contributed by atoms with Crippen molar-refractivity contribution in [1.82, 2.24) is 4.98 Å². The number of hydrogen-bond donors (Lipinski definition) is 1. The summed E-state index contributed by atoms with van der Waals surface area (Å²) >= 11 is 3.51. The van der Waals surface area contributed by atoms with Crippen molar-refractivity contribution in [3.63, 3.8) is 0 Å². The van der Waals surface area contributed by atoms with Gasteiger partial charge in [0.1, 0.15) is 5.82 Å². The van der Waals surface area contributed by atoms with Gasteiger partial charge in [-0.25, -0.2) is 4.98 Å². The maximum atomic E-state index is 9.33. The Balaban J connectivity index is 2.70. The fourth-order valence-electron chi connectivity index (χ4n) is 2.13. The molecule has 0 bridgehead atoms. The highest BCUT2D eigenvalue weighted by molar-refractivity contribution is 9.10. The molecule has 0 radical (unpaired) electrons. The first-order chi connectivity index (χ1) is 9.89. The van der Waals surface area contributed by atoms with Crippen molar-refractivity contribution < 1.29 is 0 Å². The minimum Gasteiger partial charge on any atom is -0.383 e. The summed E-state index contributed by atoms with van der Waals surface area (Å²) in [7, 11) is 0. The summed E-state index contributed by atoms with van der Waals surface area (Å²) in [5, 5.41) is 9.33. The van der Waals surface area contributed by atoms with Crippen LogP contribution in [-0.4, -0.2) is 4.98 Å². The van der Waals surface area contributed by atoms with Gasteiger partial charge >= 0.3 is 0 Å². The smallest absolute Gasteiger partial charge is 0.131 e. The van der Waals surface area contributed by atoms with E-state index in [0.29, 0.717) is 5.82 Å². The van der Waals surface area contributed by atoms with Crippen LogP contribution in [0.15, 0.2) is 41.5 Å². The lowest BCUT2D eigenvalue weighted by molar-refractivity contribution is 0.686. The van der Waals surface area contributed by atoms with E-state index in [1.165, 1.54) is 0 Å². The second kappa shape index (κ2) is 5.71. The second-order valence-corrected chi connectivity index (χ2v) is 6.24. The quantitative estimate of drug-likeness (QED) is 0.891. The highest BCUT2D eigenvalue weighted by Gasteiger charge is 2.21. The normalized spacial score (nSPS) is 11.0. The van der Waals surface area contributed by atoms with Crippen molar-refractivity contribution >= 4 is 27.8 Å². The number of anilines is 1. The van der Waals surface area contributed by atoms with Gasteiger partial charge < -0.3 is 5.73 Å². The van der Waals surface area contributed by atoms with Gasteiger partial charge in [0.05, 0.1) is 11.5 Å². The van der Waals surface area contributed by atoms with Crippen LogP contribution < -0.4 is 5.73 Å². The number of pyridine rings is 1. The van der Waals surface area contributed by atoms with E-state index in [2.05, 4.69) is 33.6 Å². The first kappa shape index (κ1) is 15.3. The predicted octanol–water partition coefficient (Wildman–Crippen LogP) is 4.54. The molecule has 4 heteroatoms. The molecule has 2 aromatic rings. The molecule has 1 heterocycles. The fraction of sp³-hybridized carbons (Fsp3) is 0.176. The summed E-state index contributed by atoms with van der Waals surface area (Å²) in [5.74, 6) is 0.448. The maximum Gasteiger partial charge on any atom is 0.131 e. The van der Waals surface area contributed by atoms with E-state index in [9.17, 15) is 5.26 Å². The van der Waals surface area contributed by atoms with Crippen molar-refractivity contribution in [2.75, 3.05) is 5.73 Å². The van der Waals surface area contributed by atoms with Crippen molar-refractivity contribution in [1.29, 1.82) is 5.26 Å². The van der Waals surface area contributed by atoms with Gasteiger partial charge in [-0.1, -0.05) is 28.6 Å². The Morgan fingerprint density at radius 3 is 2.71 bits per heavy atom. The zero-order valence-corrected chi connectivity index (χ0v) is 13.6. The molecule has 3 nitrogen and oxygen atoms in total. The van der Waals surface area contributed by atoms with Crippen LogP contribution in [0, 0.1) is 11.3 Å². The molecule has 0 amide bonds. The molecule has 1 aromatic carbocycles. The van der Waals surface area contributed by atoms with Gasteiger partial charge in [0.15, 0.2) is 0 Å². The summed E-state index contributed by atoms with van der Waals surface area (Å²) in [6.45, 7) is 7.60. The summed E-state index contributed by atoms with van der Waals surface area (Å²) in [6.07, 6.45) is 3.38. The molecule has 0 saturated carbocycles. The van der Waals surface area contributed by atoms with Gasteiger partial charge in [-0.2, -0.15) is 5.26 Å². The Morgan fingerprint density at radius 2 is 2.10 bits per heavy atom. The number of nitriles is 1. The molecule has 0 fully saturated rings. The molecule has 2 rings (SSSR count). The van der Waals surface area contributed by atoms with Crippen molar-refractivity contribution in [3.05, 3.63) is 52.6 Å². The van der Waals surface area contributed by atoms with Crippen molar-refractivity contribution in [2.24, 2.45) is 0 Å². The molecule has 0 aliphatic heterocycles. The third kappa shape index (κ3) is 2.98. The van der Waals surface area contributed by atoms with Crippen LogP contribution >= 0.6 is 15.9 Å². The Labute approximate surface area is 133 Å². The van der Waals surface area contributed by atoms with Crippen LogP contribution in [0.4, 0.5) is 5.82 Å². The molecule has 0 aliphatic rings. The molecule has 106 valence electrons. The summed E-state index contributed by atoms with van der Waals surface area (Å²) < 4.78 is 0.920. The number of nitrogen functional groups attached to an aromatic ring is 1. The van der Waals surface area contributed by atoms with Crippen LogP contribution in [0.1, 0.15) is 25.0 Å². The number of hydrogen-bond acceptors (Lipinski definition) is 3. The van der Waals surface area contributed by atoms with Crippen molar-refractivity contribution in [3.8, 4) is 17.2 Å². The zero-order valence-electron chi connectivity index (χ0n) is 12.0. The summed E-state index contributed by atoms with van der Waals surface area (Å²) in [6, 6.07) is 10.2. The number of benzene rings is 1. The van der Waals surface area contributed by atoms with Gasteiger partial charge in [0, 0.05) is 16.2 Å². The molecule has 0 saturated heterocycles. The Kier molecular flexibility index (Phi) is 4.15. The largest absolute Gasteiger partial charge is 0.383 e. The Hall–Kier alpha value is -2.12. The van der Waals surface area contributed by atoms with Crippen LogP contribution in [0.25, 0.3) is 17.2 Å². The fourth-order valence-corrected chi connectivity index (χ4v) is 2.62. The second-order valence-electron chi connectivity index (χ2n) is 5.33. The van der Waals surface area contributed by atoms with E-state index < -0.39 is 5.41 Å². The first-order valence-electron chi connectivity index (χ1n) is 6.48. The van der Waals surface area contributed by atoms with E-state index in [4.69, 9.17) is 5.73 Å². The van der Waals surface area contributed by atoms with Crippen LogP contribution in [0.5, 0.6) is 0 Å². The Bertz CT molecular complexity index is 742. The van der Waals surface area contributed by atoms with E-state index >= 15 is 0 Å². The highest BCUT2D eigenvalue weighted by Crippen LogP contribution is 2.34. The lowest BCUT2D eigenvalue weighted by Gasteiger charge is -2.18. The monoisotopic (exact) mass is 341 g/mol. The zero-order chi connectivity index (χ0) is 15.6. The summed E-state index contributed by atoms with van der Waals surface area (Å²) in [4.78, 5) is 4.09. The van der Waals surface area contributed by atoms with Gasteiger partial charge in [-0.05, 0) is 54.8 Å². The van der Waals surface area contributed by atoms with Crippen LogP contribution in [0.3, 0.4) is 0 Å². The summed E-state index contributed by atoms with van der Waals surface area (Å²) in [5.41, 5.74) is 9.02. The number of nitrogens with zero attached hydrogens (tertiary/aromatic N) is 2. The molecule has 0 unspecified atom stereocenters. The minimum atomic E-state index is -0.564. The minimum absolute atomic E-state index is 0.448. The third-order valence-electron chi connectivity index (χ3n) is 3.44. The molecule has 0 aliphatic carbocycles. The average Bonchev–Trinajstić information content (AvgIpc) is 2.46. The third-order valence-corrected chi connectivity index (χ3v) is 3.89. The maximum absolute atomic E-state index is 9.33. The number of nitrogens with two attached hydrogens (primary N) is 1. The van der Waals surface area contributed by atoms with Gasteiger partial charge in [0.25, 0.3) is 0 Å². The SMILES string of the molecule is C=Cc1c(-c2cc(Br)cc(C(C)(C)C#N)c2)ccnc1N. The predicted molar refractivity (Wildman–Crippen MR) is 90.5 cm³/mol. The lowest BCUT2D eigenvalue weighted by Crippen LogP contribution is -2.13. The molecular weight excluding hydrogens is 326 g/mol. The average molecular weight is 342 g/mol. The number of rotatable bonds is 3. The van der Waals surface area contributed by atoms with E-state index in [1.54, 1.807) is 12.3 Å². The van der Waals surface area contributed by atoms with E-state index in [0.717, 1.165) is 26.7 Å². The lowest BCUT2D eigenvalue weighted by atomic mass is 9.84. The van der Waals surface area contributed by atoms with E-state index in [-0.39, 0.29) is 0 Å². The molecule has 2 N–H and O–H groups in total. The van der Waals surface area contributed by atoms with Gasteiger partial charge in [0.2, 0.25) is 0 Å². The number of halogens is 1. The van der Waals surface area contributed by atoms with Crippen LogP contribution in [-0.2, 0) is 5.41 Å². The topological polar surface area (TPSA) is 62.7 Å². The van der Waals surface area contributed by atoms with Gasteiger partial charge in [-0.15, -0.1) is 0 Å². The molecular formula is C17H16BrN3. The molecule has 1 aromatic heterocycles. The first-order valence-corrected chi connectivity index (χ1v) is 7.28. The van der Waals surface area contributed by atoms with E-state index in [1.807, 2.05) is 38.1 Å². The molecule has 0 atom stereocenters. The molecule has 21 heavy (non-hydrogen) atoms. The van der Waals surface area contributed by atoms with Crippen LogP contribution in [0.2, 0.25) is 0 Å². The Morgan fingerprint density at radius 1 is 1.38 bits per heavy atom. The van der Waals surface area contributed by atoms with Gasteiger partial charge in [-0.3, -0.25) is 0 Å². The van der Waals surface area contributed by atoms with Crippen molar-refractivity contribution in [2.45, 2.75) is 19.3 Å². The molecule has 0 spiro atoms.